The van der Waals surface area contributed by atoms with E-state index in [9.17, 15) is 13.2 Å². The Hall–Kier alpha value is -1.77. The van der Waals surface area contributed by atoms with Crippen LogP contribution in [0.25, 0.3) is 0 Å². The van der Waals surface area contributed by atoms with Crippen LogP contribution in [-0.4, -0.2) is 25.5 Å². The molecule has 0 unspecified atom stereocenters. The van der Waals surface area contributed by atoms with Gasteiger partial charge in [-0.15, -0.1) is 11.3 Å². The van der Waals surface area contributed by atoms with Gasteiger partial charge in [0.15, 0.2) is 4.80 Å². The minimum absolute atomic E-state index is 0.0416. The van der Waals surface area contributed by atoms with Crippen LogP contribution in [0.3, 0.4) is 0 Å². The molecule has 32 heavy (non-hydrogen) atoms. The maximum atomic E-state index is 12.9. The number of carbonyl (C=O) groups is 1. The van der Waals surface area contributed by atoms with Crippen molar-refractivity contribution in [1.82, 2.24) is 4.57 Å². The van der Waals surface area contributed by atoms with Crippen LogP contribution >= 0.6 is 11.3 Å². The average molecular weight is 479 g/mol. The third kappa shape index (κ3) is 4.77. The summed E-state index contributed by atoms with van der Waals surface area (Å²) in [5.41, 5.74) is 2.00. The van der Waals surface area contributed by atoms with Crippen LogP contribution in [-0.2, 0) is 25.6 Å². The Balaban J connectivity index is 1.61. The second-order valence-corrected chi connectivity index (χ2v) is 12.6. The smallest absolute Gasteiger partial charge is 0.296 e. The number of unbranched alkanes of at least 4 members (excludes halogenated alkanes) is 1. The van der Waals surface area contributed by atoms with E-state index in [1.54, 1.807) is 24.3 Å². The molecule has 0 bridgehead atoms. The lowest BCUT2D eigenvalue weighted by Crippen LogP contribution is -2.20. The predicted molar refractivity (Wildman–Crippen MR) is 127 cm³/mol. The molecule has 1 fully saturated rings. The lowest BCUT2D eigenvalue weighted by atomic mass is 10.0. The van der Waals surface area contributed by atoms with Crippen molar-refractivity contribution in [3.05, 3.63) is 45.2 Å². The summed E-state index contributed by atoms with van der Waals surface area (Å²) in [5.74, 6) is -0.117. The van der Waals surface area contributed by atoms with Gasteiger partial charge in [-0.2, -0.15) is 13.4 Å². The van der Waals surface area contributed by atoms with Gasteiger partial charge in [-0.05, 0) is 56.6 Å². The number of carbonyl (C=O) groups excluding carboxylic acids is 1. The van der Waals surface area contributed by atoms with Gasteiger partial charge >= 0.3 is 0 Å². The highest BCUT2D eigenvalue weighted by Crippen LogP contribution is 2.68. The Labute approximate surface area is 195 Å². The largest absolute Gasteiger partial charge is 0.321 e. The van der Waals surface area contributed by atoms with E-state index in [4.69, 9.17) is 4.18 Å². The Morgan fingerprint density at radius 1 is 1.06 bits per heavy atom. The summed E-state index contributed by atoms with van der Waals surface area (Å²) in [6.07, 6.45) is 1.31. The van der Waals surface area contributed by atoms with Gasteiger partial charge in [-0.25, -0.2) is 0 Å². The van der Waals surface area contributed by atoms with E-state index in [2.05, 4.69) is 37.3 Å². The molecule has 0 aliphatic heterocycles. The summed E-state index contributed by atoms with van der Waals surface area (Å²) >= 11 is 1.53. The fourth-order valence-corrected chi connectivity index (χ4v) is 6.18. The second-order valence-electron chi connectivity index (χ2n) is 9.80. The molecule has 3 rings (SSSR count). The molecule has 1 heterocycles. The molecule has 1 aromatic heterocycles. The Morgan fingerprint density at radius 3 is 2.22 bits per heavy atom. The van der Waals surface area contributed by atoms with Crippen LogP contribution in [0.2, 0.25) is 0 Å². The zero-order valence-electron chi connectivity index (χ0n) is 20.1. The molecule has 0 N–H and O–H groups in total. The lowest BCUT2D eigenvalue weighted by Gasteiger charge is -2.08. The lowest BCUT2D eigenvalue weighted by molar-refractivity contribution is -0.120. The average Bonchev–Trinajstić information content (AvgIpc) is 2.96. The molecule has 1 aliphatic carbocycles. The SMILES string of the molecule is Cc1ccc(S(=O)(=O)OCCCCn2c(C)c(C)sc2=NC(=O)C2C(C)(C)C2(C)C)cc1. The Bertz CT molecular complexity index is 1160. The quantitative estimate of drug-likeness (QED) is 0.404. The van der Waals surface area contributed by atoms with Gasteiger partial charge in [0.25, 0.3) is 16.0 Å². The van der Waals surface area contributed by atoms with Crippen molar-refractivity contribution in [2.45, 2.75) is 72.7 Å². The number of hydrogen-bond acceptors (Lipinski definition) is 5. The first kappa shape index (κ1) is 24.9. The number of aromatic nitrogens is 1. The van der Waals surface area contributed by atoms with E-state index in [1.165, 1.54) is 11.3 Å². The highest BCUT2D eigenvalue weighted by molar-refractivity contribution is 7.86. The molecular weight excluding hydrogens is 444 g/mol. The minimum Gasteiger partial charge on any atom is -0.321 e. The number of rotatable bonds is 8. The Morgan fingerprint density at radius 2 is 1.66 bits per heavy atom. The summed E-state index contributed by atoms with van der Waals surface area (Å²) < 4.78 is 31.9. The summed E-state index contributed by atoms with van der Waals surface area (Å²) in [5, 5.41) is 0. The van der Waals surface area contributed by atoms with Gasteiger partial charge in [0.1, 0.15) is 0 Å². The van der Waals surface area contributed by atoms with Crippen LogP contribution in [0.15, 0.2) is 34.2 Å². The molecule has 1 saturated carbocycles. The van der Waals surface area contributed by atoms with Crippen LogP contribution in [0.4, 0.5) is 0 Å². The van der Waals surface area contributed by atoms with Crippen LogP contribution in [0, 0.1) is 37.5 Å². The van der Waals surface area contributed by atoms with E-state index < -0.39 is 10.1 Å². The number of nitrogens with zero attached hydrogens (tertiary/aromatic N) is 2. The summed E-state index contributed by atoms with van der Waals surface area (Å²) in [6, 6.07) is 6.63. The first-order valence-electron chi connectivity index (χ1n) is 11.0. The van der Waals surface area contributed by atoms with E-state index in [0.717, 1.165) is 27.4 Å². The molecule has 176 valence electrons. The number of hydrogen-bond donors (Lipinski definition) is 0. The molecule has 1 aliphatic rings. The predicted octanol–water partition coefficient (Wildman–Crippen LogP) is 4.77. The zero-order valence-corrected chi connectivity index (χ0v) is 21.7. The molecule has 0 spiro atoms. The van der Waals surface area contributed by atoms with Gasteiger partial charge in [-0.3, -0.25) is 8.98 Å². The van der Waals surface area contributed by atoms with Crippen molar-refractivity contribution in [3.8, 4) is 0 Å². The van der Waals surface area contributed by atoms with E-state index in [1.807, 2.05) is 20.8 Å². The summed E-state index contributed by atoms with van der Waals surface area (Å²) in [6.45, 7) is 15.2. The molecule has 8 heteroatoms. The molecule has 6 nitrogen and oxygen atoms in total. The first-order valence-corrected chi connectivity index (χ1v) is 13.2. The molecule has 0 saturated heterocycles. The maximum Gasteiger partial charge on any atom is 0.296 e. The van der Waals surface area contributed by atoms with Crippen LogP contribution < -0.4 is 4.80 Å². The number of amides is 1. The fourth-order valence-electron chi connectivity index (χ4n) is 4.23. The molecule has 0 atom stereocenters. The fraction of sp³-hybridized carbons (Fsp3) is 0.583. The van der Waals surface area contributed by atoms with E-state index in [-0.39, 0.29) is 34.2 Å². The third-order valence-electron chi connectivity index (χ3n) is 7.19. The molecular formula is C24H34N2O4S2. The van der Waals surface area contributed by atoms with E-state index >= 15 is 0 Å². The highest BCUT2D eigenvalue weighted by atomic mass is 32.2. The highest BCUT2D eigenvalue weighted by Gasteiger charge is 2.68. The standard InChI is InChI=1S/C24H34N2O4S2/c1-16-10-12-19(13-11-16)32(28,29)30-15-9-8-14-26-17(2)18(3)31-22(26)25-21(27)20-23(4,5)24(20,6)7/h10-13,20H,8-9,14-15H2,1-7H3. The Kier molecular flexibility index (Phi) is 6.90. The van der Waals surface area contributed by atoms with Crippen LogP contribution in [0.5, 0.6) is 0 Å². The molecule has 1 amide bonds. The topological polar surface area (TPSA) is 77.7 Å². The van der Waals surface area contributed by atoms with Crippen molar-refractivity contribution < 1.29 is 17.4 Å². The van der Waals surface area contributed by atoms with Gasteiger partial charge in [0.2, 0.25) is 0 Å². The maximum absolute atomic E-state index is 12.9. The van der Waals surface area contributed by atoms with Crippen molar-refractivity contribution in [2.75, 3.05) is 6.61 Å². The van der Waals surface area contributed by atoms with Crippen LogP contribution in [0.1, 0.15) is 56.7 Å². The summed E-state index contributed by atoms with van der Waals surface area (Å²) in [4.78, 5) is 19.4. The second kappa shape index (κ2) is 8.88. The number of thiazole rings is 1. The van der Waals surface area contributed by atoms with Gasteiger partial charge in [0, 0.05) is 17.1 Å². The number of benzene rings is 1. The van der Waals surface area contributed by atoms with Crippen molar-refractivity contribution in [1.29, 1.82) is 0 Å². The third-order valence-corrected chi connectivity index (χ3v) is 9.61. The van der Waals surface area contributed by atoms with Crippen molar-refractivity contribution in [3.63, 3.8) is 0 Å². The van der Waals surface area contributed by atoms with Gasteiger partial charge in [-0.1, -0.05) is 45.4 Å². The normalized spacial score (nSPS) is 18.2. The van der Waals surface area contributed by atoms with Crippen molar-refractivity contribution in [2.24, 2.45) is 21.7 Å². The monoisotopic (exact) mass is 478 g/mol. The summed E-state index contributed by atoms with van der Waals surface area (Å²) in [7, 11) is -3.74. The molecule has 0 radical (unpaired) electrons. The van der Waals surface area contributed by atoms with Crippen molar-refractivity contribution >= 4 is 27.4 Å². The molecule has 2 aromatic rings. The minimum atomic E-state index is -3.74. The van der Waals surface area contributed by atoms with E-state index in [0.29, 0.717) is 13.0 Å². The van der Waals surface area contributed by atoms with Gasteiger partial charge < -0.3 is 4.57 Å². The number of aryl methyl sites for hydroxylation is 2. The van der Waals surface area contributed by atoms with Gasteiger partial charge in [0.05, 0.1) is 17.4 Å². The zero-order chi connectivity index (χ0) is 23.9. The molecule has 1 aromatic carbocycles. The first-order chi connectivity index (χ1) is 14.8.